The van der Waals surface area contributed by atoms with Gasteiger partial charge in [-0.1, -0.05) is 0 Å². The van der Waals surface area contributed by atoms with Gasteiger partial charge in [-0.2, -0.15) is 0 Å². The number of amides is 1. The molecule has 122 valence electrons. The fraction of sp³-hybridized carbons (Fsp3) is 0.938. The van der Waals surface area contributed by atoms with Gasteiger partial charge in [0.25, 0.3) is 0 Å². The molecule has 0 spiro atoms. The molecule has 2 rings (SSSR count). The molecule has 0 aromatic carbocycles. The Morgan fingerprint density at radius 1 is 1.19 bits per heavy atom. The smallest absolute Gasteiger partial charge is 0.407 e. The molecule has 1 aliphatic carbocycles. The minimum atomic E-state index is -0.418. The van der Waals surface area contributed by atoms with Crippen LogP contribution in [0.15, 0.2) is 0 Å². The highest BCUT2D eigenvalue weighted by Crippen LogP contribution is 2.27. The summed E-state index contributed by atoms with van der Waals surface area (Å²) in [5.41, 5.74) is -0.418. The van der Waals surface area contributed by atoms with Gasteiger partial charge in [0, 0.05) is 26.2 Å². The average Bonchev–Trinajstić information content (AvgIpc) is 3.09. The molecule has 0 aromatic heterocycles. The molecule has 2 fully saturated rings. The summed E-state index contributed by atoms with van der Waals surface area (Å²) in [4.78, 5) is 14.1. The number of rotatable bonds is 7. The van der Waals surface area contributed by atoms with Crippen molar-refractivity contribution in [3.63, 3.8) is 0 Å². The lowest BCUT2D eigenvalue weighted by atomic mass is 10.1. The normalized spacial score (nSPS) is 23.3. The third kappa shape index (κ3) is 7.14. The second kappa shape index (κ2) is 7.45. The summed E-state index contributed by atoms with van der Waals surface area (Å²) in [7, 11) is 0. The highest BCUT2D eigenvalue weighted by atomic mass is 16.6. The molecule has 1 atom stereocenters. The van der Waals surface area contributed by atoms with Gasteiger partial charge in [-0.05, 0) is 65.0 Å². The van der Waals surface area contributed by atoms with Crippen molar-refractivity contribution in [3.05, 3.63) is 0 Å². The van der Waals surface area contributed by atoms with Crippen molar-refractivity contribution in [2.24, 2.45) is 11.8 Å². The number of nitrogens with zero attached hydrogens (tertiary/aromatic N) is 1. The lowest BCUT2D eigenvalue weighted by Crippen LogP contribution is -2.36. The first-order valence-electron chi connectivity index (χ1n) is 8.32. The van der Waals surface area contributed by atoms with Crippen LogP contribution >= 0.6 is 0 Å². The van der Waals surface area contributed by atoms with E-state index in [0.29, 0.717) is 5.92 Å². The molecule has 0 aromatic rings. The Hall–Kier alpha value is -0.810. The zero-order chi connectivity index (χ0) is 15.3. The van der Waals surface area contributed by atoms with Crippen LogP contribution in [0.3, 0.4) is 0 Å². The van der Waals surface area contributed by atoms with E-state index in [0.717, 1.165) is 38.6 Å². The number of hydrogen-bond acceptors (Lipinski definition) is 4. The third-order valence-corrected chi connectivity index (χ3v) is 4.04. The summed E-state index contributed by atoms with van der Waals surface area (Å²) in [6.45, 7) is 12.0. The largest absolute Gasteiger partial charge is 0.444 e. The summed E-state index contributed by atoms with van der Waals surface area (Å²) < 4.78 is 5.26. The first kappa shape index (κ1) is 16.6. The standard InChI is InChI=1S/C16H31N3O2/c1-16(2,3)21-15(20)18-11-14-6-8-19(12-14)9-7-17-10-13-4-5-13/h13-14,17H,4-12H2,1-3H3,(H,18,20). The van der Waals surface area contributed by atoms with Crippen LogP contribution in [0.25, 0.3) is 0 Å². The fourth-order valence-electron chi connectivity index (χ4n) is 2.69. The van der Waals surface area contributed by atoms with Gasteiger partial charge in [0.2, 0.25) is 0 Å². The Morgan fingerprint density at radius 3 is 2.62 bits per heavy atom. The molecule has 21 heavy (non-hydrogen) atoms. The molecule has 5 heteroatoms. The van der Waals surface area contributed by atoms with Crippen LogP contribution in [0.2, 0.25) is 0 Å². The van der Waals surface area contributed by atoms with E-state index in [9.17, 15) is 4.79 Å². The van der Waals surface area contributed by atoms with Crippen molar-refractivity contribution in [2.45, 2.75) is 45.6 Å². The van der Waals surface area contributed by atoms with Crippen molar-refractivity contribution in [3.8, 4) is 0 Å². The molecule has 1 heterocycles. The Bertz CT molecular complexity index is 337. The van der Waals surface area contributed by atoms with E-state index in [1.54, 1.807) is 0 Å². The van der Waals surface area contributed by atoms with E-state index in [4.69, 9.17) is 4.74 Å². The van der Waals surface area contributed by atoms with Crippen molar-refractivity contribution >= 4 is 6.09 Å². The molecule has 2 aliphatic rings. The van der Waals surface area contributed by atoms with E-state index >= 15 is 0 Å². The predicted octanol–water partition coefficient (Wildman–Crippen LogP) is 1.83. The number of ether oxygens (including phenoxy) is 1. The van der Waals surface area contributed by atoms with Crippen LogP contribution in [-0.4, -0.2) is 55.9 Å². The minimum Gasteiger partial charge on any atom is -0.444 e. The number of carbonyl (C=O) groups is 1. The van der Waals surface area contributed by atoms with E-state index in [2.05, 4.69) is 15.5 Å². The maximum Gasteiger partial charge on any atom is 0.407 e. The molecule has 1 saturated heterocycles. The van der Waals surface area contributed by atoms with Gasteiger partial charge in [0.1, 0.15) is 5.60 Å². The Labute approximate surface area is 128 Å². The zero-order valence-corrected chi connectivity index (χ0v) is 13.8. The van der Waals surface area contributed by atoms with Gasteiger partial charge >= 0.3 is 6.09 Å². The van der Waals surface area contributed by atoms with E-state index in [1.807, 2.05) is 20.8 Å². The molecule has 0 radical (unpaired) electrons. The molecular weight excluding hydrogens is 266 g/mol. The van der Waals surface area contributed by atoms with Gasteiger partial charge in [-0.3, -0.25) is 0 Å². The molecule has 1 unspecified atom stereocenters. The Balaban J connectivity index is 1.51. The van der Waals surface area contributed by atoms with Gasteiger partial charge in [-0.15, -0.1) is 0 Å². The number of hydrogen-bond donors (Lipinski definition) is 2. The highest BCUT2D eigenvalue weighted by Gasteiger charge is 2.24. The van der Waals surface area contributed by atoms with Gasteiger partial charge in [0.05, 0.1) is 0 Å². The van der Waals surface area contributed by atoms with Crippen LogP contribution in [0, 0.1) is 11.8 Å². The minimum absolute atomic E-state index is 0.299. The van der Waals surface area contributed by atoms with Crippen LogP contribution < -0.4 is 10.6 Å². The van der Waals surface area contributed by atoms with Gasteiger partial charge in [-0.25, -0.2) is 4.79 Å². The molecule has 5 nitrogen and oxygen atoms in total. The second-order valence-electron chi connectivity index (χ2n) is 7.49. The summed E-state index contributed by atoms with van der Waals surface area (Å²) in [5.74, 6) is 1.51. The molecule has 1 saturated carbocycles. The summed E-state index contributed by atoms with van der Waals surface area (Å²) in [6, 6.07) is 0. The first-order valence-corrected chi connectivity index (χ1v) is 8.32. The lowest BCUT2D eigenvalue weighted by Gasteiger charge is -2.21. The maximum absolute atomic E-state index is 11.6. The fourth-order valence-corrected chi connectivity index (χ4v) is 2.69. The quantitative estimate of drug-likeness (QED) is 0.704. The topological polar surface area (TPSA) is 53.6 Å². The van der Waals surface area contributed by atoms with Crippen molar-refractivity contribution < 1.29 is 9.53 Å². The molecule has 0 bridgehead atoms. The Kier molecular flexibility index (Phi) is 5.88. The van der Waals surface area contributed by atoms with E-state index < -0.39 is 5.60 Å². The lowest BCUT2D eigenvalue weighted by molar-refractivity contribution is 0.0519. The molecular formula is C16H31N3O2. The maximum atomic E-state index is 11.6. The summed E-state index contributed by atoms with van der Waals surface area (Å²) in [6.07, 6.45) is 3.69. The van der Waals surface area contributed by atoms with Gasteiger partial charge < -0.3 is 20.3 Å². The third-order valence-electron chi connectivity index (χ3n) is 4.04. The zero-order valence-electron chi connectivity index (χ0n) is 13.8. The molecule has 1 aliphatic heterocycles. The van der Waals surface area contributed by atoms with E-state index in [1.165, 1.54) is 25.8 Å². The first-order chi connectivity index (χ1) is 9.92. The van der Waals surface area contributed by atoms with E-state index in [-0.39, 0.29) is 6.09 Å². The second-order valence-corrected chi connectivity index (χ2v) is 7.49. The number of carbonyl (C=O) groups excluding carboxylic acids is 1. The SMILES string of the molecule is CC(C)(C)OC(=O)NCC1CCN(CCNCC2CC2)C1. The summed E-state index contributed by atoms with van der Waals surface area (Å²) in [5, 5.41) is 6.42. The van der Waals surface area contributed by atoms with Crippen LogP contribution in [-0.2, 0) is 4.74 Å². The van der Waals surface area contributed by atoms with Crippen LogP contribution in [0.5, 0.6) is 0 Å². The van der Waals surface area contributed by atoms with Crippen molar-refractivity contribution in [1.29, 1.82) is 0 Å². The monoisotopic (exact) mass is 297 g/mol. The number of alkyl carbamates (subject to hydrolysis) is 1. The van der Waals surface area contributed by atoms with Crippen LogP contribution in [0.1, 0.15) is 40.0 Å². The van der Waals surface area contributed by atoms with Crippen molar-refractivity contribution in [1.82, 2.24) is 15.5 Å². The van der Waals surface area contributed by atoms with Crippen LogP contribution in [0.4, 0.5) is 4.79 Å². The predicted molar refractivity (Wildman–Crippen MR) is 84.4 cm³/mol. The molecule has 2 N–H and O–H groups in total. The number of nitrogens with one attached hydrogen (secondary N) is 2. The summed E-state index contributed by atoms with van der Waals surface area (Å²) >= 11 is 0. The highest BCUT2D eigenvalue weighted by molar-refractivity contribution is 5.67. The Morgan fingerprint density at radius 2 is 1.95 bits per heavy atom. The van der Waals surface area contributed by atoms with Gasteiger partial charge in [0.15, 0.2) is 0 Å². The number of likely N-dealkylation sites (tertiary alicyclic amines) is 1. The van der Waals surface area contributed by atoms with Crippen molar-refractivity contribution in [2.75, 3.05) is 39.3 Å². The molecule has 1 amide bonds. The average molecular weight is 297 g/mol.